The molecular weight excluding hydrogens is 378 g/mol. The molecule has 1 N–H and O–H groups in total. The summed E-state index contributed by atoms with van der Waals surface area (Å²) in [4.78, 5) is 30.8. The quantitative estimate of drug-likeness (QED) is 0.522. The summed E-state index contributed by atoms with van der Waals surface area (Å²) in [5.41, 5.74) is 7.43. The van der Waals surface area contributed by atoms with Crippen LogP contribution in [-0.4, -0.2) is 33.6 Å². The molecule has 0 atom stereocenters. The van der Waals surface area contributed by atoms with E-state index in [2.05, 4.69) is 27.0 Å². The van der Waals surface area contributed by atoms with E-state index >= 15 is 0 Å². The smallest absolute Gasteiger partial charge is 0.271 e. The van der Waals surface area contributed by atoms with E-state index in [1.807, 2.05) is 44.2 Å². The van der Waals surface area contributed by atoms with Crippen LogP contribution in [0.1, 0.15) is 48.4 Å². The van der Waals surface area contributed by atoms with Crippen molar-refractivity contribution in [1.29, 1.82) is 0 Å². The van der Waals surface area contributed by atoms with Gasteiger partial charge in [-0.1, -0.05) is 12.1 Å². The number of nitrogens with one attached hydrogen (secondary N) is 1. The highest BCUT2D eigenvalue weighted by atomic mass is 16.2. The second kappa shape index (κ2) is 8.10. The zero-order chi connectivity index (χ0) is 21.3. The van der Waals surface area contributed by atoms with Gasteiger partial charge in [0.25, 0.3) is 5.91 Å². The number of imidazole rings is 1. The van der Waals surface area contributed by atoms with Gasteiger partial charge in [0.05, 0.1) is 16.7 Å². The fourth-order valence-electron chi connectivity index (χ4n) is 3.86. The summed E-state index contributed by atoms with van der Waals surface area (Å²) in [5, 5.41) is 4.24. The molecule has 1 fully saturated rings. The molecule has 0 radical (unpaired) electrons. The lowest BCUT2D eigenvalue weighted by molar-refractivity contribution is -0.117. The number of anilines is 1. The number of carbonyl (C=O) groups is 2. The van der Waals surface area contributed by atoms with E-state index in [-0.39, 0.29) is 11.8 Å². The van der Waals surface area contributed by atoms with Gasteiger partial charge in [0.2, 0.25) is 5.91 Å². The molecular formula is C23H25N5O2. The van der Waals surface area contributed by atoms with Gasteiger partial charge < -0.3 is 9.47 Å². The Hall–Kier alpha value is -3.48. The summed E-state index contributed by atoms with van der Waals surface area (Å²) >= 11 is 0. The second-order valence-corrected chi connectivity index (χ2v) is 7.44. The lowest BCUT2D eigenvalue weighted by Gasteiger charge is -2.15. The molecule has 1 aliphatic heterocycles. The molecule has 0 spiro atoms. The lowest BCUT2D eigenvalue weighted by atomic mass is 10.1. The van der Waals surface area contributed by atoms with Crippen LogP contribution in [0.15, 0.2) is 47.6 Å². The molecule has 1 saturated heterocycles. The Balaban J connectivity index is 1.47. The Kier molecular flexibility index (Phi) is 5.35. The number of hydrazone groups is 1. The number of benzene rings is 2. The molecule has 2 amide bonds. The van der Waals surface area contributed by atoms with Crippen LogP contribution in [0, 0.1) is 6.92 Å². The zero-order valence-electron chi connectivity index (χ0n) is 17.5. The predicted octanol–water partition coefficient (Wildman–Crippen LogP) is 3.65. The van der Waals surface area contributed by atoms with Crippen molar-refractivity contribution < 1.29 is 9.59 Å². The van der Waals surface area contributed by atoms with Gasteiger partial charge in [-0.25, -0.2) is 10.4 Å². The molecule has 30 heavy (non-hydrogen) atoms. The topological polar surface area (TPSA) is 79.6 Å². The second-order valence-electron chi connectivity index (χ2n) is 7.44. The molecule has 0 aliphatic carbocycles. The average molecular weight is 403 g/mol. The van der Waals surface area contributed by atoms with E-state index in [4.69, 9.17) is 0 Å². The average Bonchev–Trinajstić information content (AvgIpc) is 3.32. The van der Waals surface area contributed by atoms with E-state index < -0.39 is 0 Å². The van der Waals surface area contributed by atoms with E-state index in [0.717, 1.165) is 47.6 Å². The van der Waals surface area contributed by atoms with Gasteiger partial charge in [-0.05, 0) is 63.1 Å². The number of aryl methyl sites for hydroxylation is 2. The first-order valence-electron chi connectivity index (χ1n) is 10.2. The SMILES string of the molecule is CCn1c(C)nc2cc(C(=O)N/N=C(/C)c3ccc(N4CCCC4=O)cc3)ccc21. The molecule has 0 bridgehead atoms. The van der Waals surface area contributed by atoms with Crippen LogP contribution in [0.3, 0.4) is 0 Å². The van der Waals surface area contributed by atoms with Crippen molar-refractivity contribution in [3.63, 3.8) is 0 Å². The van der Waals surface area contributed by atoms with E-state index in [1.165, 1.54) is 0 Å². The molecule has 0 saturated carbocycles. The Morgan fingerprint density at radius 1 is 1.17 bits per heavy atom. The first-order valence-corrected chi connectivity index (χ1v) is 10.2. The van der Waals surface area contributed by atoms with Gasteiger partial charge in [0.15, 0.2) is 0 Å². The molecule has 7 heteroatoms. The Labute approximate surface area is 175 Å². The third kappa shape index (κ3) is 3.70. The molecule has 1 aliphatic rings. The summed E-state index contributed by atoms with van der Waals surface area (Å²) in [7, 11) is 0. The van der Waals surface area contributed by atoms with E-state index in [0.29, 0.717) is 17.7 Å². The van der Waals surface area contributed by atoms with Crippen molar-refractivity contribution in [2.75, 3.05) is 11.4 Å². The number of amides is 2. The molecule has 4 rings (SSSR count). The van der Waals surface area contributed by atoms with Crippen molar-refractivity contribution >= 4 is 34.2 Å². The standard InChI is InChI=1S/C23H25N5O2/c1-4-27-16(3)24-20-14-18(9-12-21(20)27)23(30)26-25-15(2)17-7-10-19(11-8-17)28-13-5-6-22(28)29/h7-12,14H,4-6,13H2,1-3H3,(H,26,30)/b25-15-. The molecule has 7 nitrogen and oxygen atoms in total. The van der Waals surface area contributed by atoms with Crippen molar-refractivity contribution in [1.82, 2.24) is 15.0 Å². The summed E-state index contributed by atoms with van der Waals surface area (Å²) in [6, 6.07) is 13.2. The monoisotopic (exact) mass is 403 g/mol. The Bertz CT molecular complexity index is 1140. The fourth-order valence-corrected chi connectivity index (χ4v) is 3.86. The fraction of sp³-hybridized carbons (Fsp3) is 0.304. The van der Waals surface area contributed by atoms with Gasteiger partial charge in [-0.2, -0.15) is 5.10 Å². The minimum Gasteiger partial charge on any atom is -0.329 e. The largest absolute Gasteiger partial charge is 0.329 e. The maximum Gasteiger partial charge on any atom is 0.271 e. The lowest BCUT2D eigenvalue weighted by Crippen LogP contribution is -2.23. The summed E-state index contributed by atoms with van der Waals surface area (Å²) in [6.45, 7) is 7.47. The molecule has 2 aromatic carbocycles. The number of hydrogen-bond acceptors (Lipinski definition) is 4. The molecule has 1 aromatic heterocycles. The predicted molar refractivity (Wildman–Crippen MR) is 118 cm³/mol. The Morgan fingerprint density at radius 2 is 1.90 bits per heavy atom. The first kappa shape index (κ1) is 19.8. The summed E-state index contributed by atoms with van der Waals surface area (Å²) < 4.78 is 2.11. The highest BCUT2D eigenvalue weighted by Gasteiger charge is 2.21. The minimum atomic E-state index is -0.278. The normalized spacial score (nSPS) is 14.6. The number of rotatable bonds is 5. The van der Waals surface area contributed by atoms with E-state index in [9.17, 15) is 9.59 Å². The first-order chi connectivity index (χ1) is 14.5. The van der Waals surface area contributed by atoms with Crippen LogP contribution in [0.25, 0.3) is 11.0 Å². The third-order valence-electron chi connectivity index (χ3n) is 5.51. The van der Waals surface area contributed by atoms with Gasteiger partial charge in [-0.3, -0.25) is 9.59 Å². The minimum absolute atomic E-state index is 0.163. The van der Waals surface area contributed by atoms with E-state index in [1.54, 1.807) is 17.0 Å². The number of carbonyl (C=O) groups excluding carboxylic acids is 2. The van der Waals surface area contributed by atoms with Gasteiger partial charge in [0, 0.05) is 30.8 Å². The Morgan fingerprint density at radius 3 is 2.57 bits per heavy atom. The van der Waals surface area contributed by atoms with Crippen molar-refractivity contribution in [2.24, 2.45) is 5.10 Å². The number of fused-ring (bicyclic) bond motifs is 1. The maximum absolute atomic E-state index is 12.6. The number of hydrogen-bond donors (Lipinski definition) is 1. The summed E-state index contributed by atoms with van der Waals surface area (Å²) in [6.07, 6.45) is 1.51. The third-order valence-corrected chi connectivity index (χ3v) is 5.51. The van der Waals surface area contributed by atoms with Crippen LogP contribution >= 0.6 is 0 Å². The van der Waals surface area contributed by atoms with Gasteiger partial charge in [0.1, 0.15) is 5.82 Å². The summed E-state index contributed by atoms with van der Waals surface area (Å²) in [5.74, 6) is 0.813. The van der Waals surface area contributed by atoms with Crippen molar-refractivity contribution in [2.45, 2.75) is 40.2 Å². The number of nitrogens with zero attached hydrogens (tertiary/aromatic N) is 4. The maximum atomic E-state index is 12.6. The van der Waals surface area contributed by atoms with Crippen LogP contribution in [0.4, 0.5) is 5.69 Å². The zero-order valence-corrected chi connectivity index (χ0v) is 17.5. The van der Waals surface area contributed by atoms with Gasteiger partial charge >= 0.3 is 0 Å². The van der Waals surface area contributed by atoms with Crippen LogP contribution in [0.5, 0.6) is 0 Å². The molecule has 0 unspecified atom stereocenters. The van der Waals surface area contributed by atoms with Crippen molar-refractivity contribution in [3.05, 3.63) is 59.4 Å². The molecule has 3 aromatic rings. The molecule has 154 valence electrons. The van der Waals surface area contributed by atoms with Crippen LogP contribution in [0.2, 0.25) is 0 Å². The van der Waals surface area contributed by atoms with Gasteiger partial charge in [-0.15, -0.1) is 0 Å². The van der Waals surface area contributed by atoms with Crippen molar-refractivity contribution in [3.8, 4) is 0 Å². The molecule has 2 heterocycles. The van der Waals surface area contributed by atoms with Crippen LogP contribution < -0.4 is 10.3 Å². The van der Waals surface area contributed by atoms with Crippen LogP contribution in [-0.2, 0) is 11.3 Å². The number of aromatic nitrogens is 2. The highest BCUT2D eigenvalue weighted by Crippen LogP contribution is 2.22. The highest BCUT2D eigenvalue weighted by molar-refractivity contribution is 6.02.